The Hall–Kier alpha value is -11.3. The predicted molar refractivity (Wildman–Crippen MR) is 377 cm³/mol. The molecule has 0 unspecified atom stereocenters. The number of furan rings is 2. The van der Waals surface area contributed by atoms with Gasteiger partial charge in [-0.05, 0) is 178 Å². The Morgan fingerprint density at radius 3 is 1.04 bits per heavy atom. The van der Waals surface area contributed by atoms with Crippen LogP contribution < -0.4 is 0 Å². The highest BCUT2D eigenvalue weighted by molar-refractivity contribution is 6.37. The molecule has 22 rings (SSSR count). The highest BCUT2D eigenvalue weighted by Crippen LogP contribution is 2.65. The lowest BCUT2D eigenvalue weighted by molar-refractivity contribution is 0.666. The molecule has 3 aromatic heterocycles. The first kappa shape index (κ1) is 52.6. The van der Waals surface area contributed by atoms with E-state index in [1.165, 1.54) is 133 Å². The molecule has 0 atom stereocenters. The van der Waals surface area contributed by atoms with Gasteiger partial charge in [0.25, 0.3) is 0 Å². The van der Waals surface area contributed by atoms with Crippen LogP contribution in [0.3, 0.4) is 0 Å². The van der Waals surface area contributed by atoms with Gasteiger partial charge in [0.2, 0.25) is 0 Å². The van der Waals surface area contributed by atoms with E-state index in [9.17, 15) is 0 Å². The molecule has 2 spiro atoms. The Labute approximate surface area is 534 Å². The van der Waals surface area contributed by atoms with Gasteiger partial charge in [0.05, 0.1) is 38.0 Å². The summed E-state index contributed by atoms with van der Waals surface area (Å²) in [5.74, 6) is 0. The first-order valence-electron chi connectivity index (χ1n) is 31.5. The molecule has 0 saturated heterocycles. The van der Waals surface area contributed by atoms with E-state index < -0.39 is 0 Å². The third-order valence-corrected chi connectivity index (χ3v) is 21.0. The number of hydrogen-bond donors (Lipinski definition) is 0. The van der Waals surface area contributed by atoms with Gasteiger partial charge in [-0.1, -0.05) is 254 Å². The molecule has 92 heavy (non-hydrogen) atoms. The monoisotopic (exact) mass is 1200 g/mol. The normalized spacial score (nSPS) is 13.8. The van der Waals surface area contributed by atoms with Crippen molar-refractivity contribution in [2.45, 2.75) is 17.3 Å². The lowest BCUT2D eigenvalue weighted by Gasteiger charge is -2.30. The molecule has 3 nitrogen and oxygen atoms in total. The highest BCUT2D eigenvalue weighted by Gasteiger charge is 2.53. The lowest BCUT2D eigenvalue weighted by atomic mass is 9.70. The average Bonchev–Trinajstić information content (AvgIpc) is 1.51. The van der Waals surface area contributed by atoms with Gasteiger partial charge in [0.15, 0.2) is 0 Å². The molecule has 0 N–H and O–H groups in total. The fourth-order valence-corrected chi connectivity index (χ4v) is 17.5. The Kier molecular flexibility index (Phi) is 11.2. The first-order chi connectivity index (χ1) is 45.1. The summed E-state index contributed by atoms with van der Waals surface area (Å²) in [7, 11) is 0. The van der Waals surface area contributed by atoms with E-state index in [1.807, 2.05) is 18.2 Å². The van der Waals surface area contributed by atoms with Crippen LogP contribution >= 0.6 is 11.6 Å². The number of nitrogens with zero attached hydrogens (tertiary/aromatic N) is 1. The van der Waals surface area contributed by atoms with Gasteiger partial charge in [-0.3, -0.25) is 4.70 Å². The molecule has 5 heteroatoms. The second kappa shape index (κ2) is 19.6. The van der Waals surface area contributed by atoms with E-state index in [1.54, 1.807) is 0 Å². The number of halogens is 2. The van der Waals surface area contributed by atoms with Crippen LogP contribution in [0.1, 0.15) is 55.6 Å². The maximum atomic E-state index is 6.80. The van der Waals surface area contributed by atoms with Gasteiger partial charge < -0.3 is 13.4 Å². The summed E-state index contributed by atoms with van der Waals surface area (Å²) in [6.07, 6.45) is 1.10. The van der Waals surface area contributed by atoms with E-state index >= 15 is 0 Å². The number of para-hydroxylation sites is 2. The van der Waals surface area contributed by atoms with E-state index in [0.29, 0.717) is 0 Å². The predicted octanol–water partition coefficient (Wildman–Crippen LogP) is 23.0. The van der Waals surface area contributed by atoms with Crippen molar-refractivity contribution in [3.05, 3.63) is 364 Å². The smallest absolute Gasteiger partial charge is 0.137 e. The van der Waals surface area contributed by atoms with E-state index in [2.05, 4.69) is 290 Å². The van der Waals surface area contributed by atoms with Gasteiger partial charge in [-0.2, -0.15) is 0 Å². The minimum atomic E-state index is -0.387. The number of benzene rings is 14. The van der Waals surface area contributed by atoms with Crippen LogP contribution in [0.25, 0.3) is 127 Å². The second-order valence-corrected chi connectivity index (χ2v) is 25.3. The molecule has 3 heterocycles. The number of hydrogen-bond acceptors (Lipinski definition) is 2. The summed E-state index contributed by atoms with van der Waals surface area (Å²) >= 11 is 6.62. The largest absolute Gasteiger partial charge is 0.456 e. The molecule has 5 aliphatic rings. The van der Waals surface area contributed by atoms with Crippen LogP contribution in [0.2, 0.25) is 5.02 Å². The molecule has 432 valence electrons. The van der Waals surface area contributed by atoms with Gasteiger partial charge in [-0.25, -0.2) is 0 Å². The number of fused-ring (bicyclic) bond motifs is 32. The average molecular weight is 1200 g/mol. The topological polar surface area (TPSA) is 31.2 Å². The molecule has 5 aliphatic carbocycles. The Morgan fingerprint density at radius 1 is 0.272 bits per heavy atom. The summed E-state index contributed by atoms with van der Waals surface area (Å²) in [6.45, 7) is 0. The zero-order valence-electron chi connectivity index (χ0n) is 49.6. The van der Waals surface area contributed by atoms with Crippen LogP contribution in [0, 0.1) is 0 Å². The van der Waals surface area contributed by atoms with Gasteiger partial charge >= 0.3 is 0 Å². The van der Waals surface area contributed by atoms with Crippen molar-refractivity contribution >= 4 is 77.3 Å². The van der Waals surface area contributed by atoms with Crippen molar-refractivity contribution < 1.29 is 13.5 Å². The molecule has 0 fully saturated rings. The zero-order valence-corrected chi connectivity index (χ0v) is 50.4. The van der Waals surface area contributed by atoms with Crippen LogP contribution in [0.5, 0.6) is 0 Å². The molecule has 0 amide bonds. The molecular formula is C87H53ClFNO2. The minimum Gasteiger partial charge on any atom is -0.456 e. The fourth-order valence-electron chi connectivity index (χ4n) is 17.2. The molecule has 14 aromatic carbocycles. The van der Waals surface area contributed by atoms with Gasteiger partial charge in [0, 0.05) is 26.9 Å². The summed E-state index contributed by atoms with van der Waals surface area (Å²) < 4.78 is 15.6. The molecular weight excluding hydrogens is 1150 g/mol. The Bertz CT molecular complexity index is 5810. The summed E-state index contributed by atoms with van der Waals surface area (Å²) in [4.78, 5) is 0. The van der Waals surface area contributed by atoms with Crippen molar-refractivity contribution in [1.82, 2.24) is 4.57 Å². The second-order valence-electron chi connectivity index (χ2n) is 24.9. The molecule has 0 saturated carbocycles. The van der Waals surface area contributed by atoms with E-state index in [4.69, 9.17) is 20.4 Å². The van der Waals surface area contributed by atoms with Gasteiger partial charge in [0.1, 0.15) is 22.3 Å². The van der Waals surface area contributed by atoms with Crippen molar-refractivity contribution in [1.29, 1.82) is 0 Å². The number of rotatable bonds is 1. The van der Waals surface area contributed by atoms with E-state index in [-0.39, 0.29) is 15.5 Å². The molecule has 17 aromatic rings. The number of aromatic nitrogens is 1. The maximum Gasteiger partial charge on any atom is 0.137 e. The van der Waals surface area contributed by atoms with Crippen molar-refractivity contribution in [2.24, 2.45) is 0 Å². The Balaban J connectivity index is 0.000000112. The van der Waals surface area contributed by atoms with Crippen molar-refractivity contribution in [3.8, 4) is 61.3 Å². The van der Waals surface area contributed by atoms with Crippen LogP contribution in [-0.2, 0) is 17.3 Å². The van der Waals surface area contributed by atoms with Crippen molar-refractivity contribution in [3.63, 3.8) is 0 Å². The van der Waals surface area contributed by atoms with Gasteiger partial charge in [-0.15, -0.1) is 0 Å². The van der Waals surface area contributed by atoms with Crippen LogP contribution in [-0.4, -0.2) is 4.57 Å². The Morgan fingerprint density at radius 2 is 0.609 bits per heavy atom. The third-order valence-electron chi connectivity index (χ3n) is 20.7. The highest BCUT2D eigenvalue weighted by atomic mass is 35.5. The summed E-state index contributed by atoms with van der Waals surface area (Å²) in [5.41, 5.74) is 33.1. The maximum absolute atomic E-state index is 6.80. The fraction of sp³-hybridized carbons (Fsp3) is 0.0345. The third kappa shape index (κ3) is 6.88. The van der Waals surface area contributed by atoms with Crippen molar-refractivity contribution in [2.75, 3.05) is 0 Å². The lowest BCUT2D eigenvalue weighted by Crippen LogP contribution is -2.25. The minimum absolute atomic E-state index is 0. The summed E-state index contributed by atoms with van der Waals surface area (Å²) in [6, 6.07) is 110. The SMILES string of the molecule is Clc1cccc2oc3cc4c(cc3c12)-c1ccccc1C41c2ccccc2-c2ccccc21.F.c1ccc2c(c1)-c1ccccc1C21c2ccccc2-c2cc3c(cc21)oc1cccc(-n2c4ccccc4c4ccccc42)c13.c1ccc2c(c1)Cc1ccccc1-2. The summed E-state index contributed by atoms with van der Waals surface area (Å²) in [5, 5.41) is 7.59. The standard InChI is InChI=1S/C43H25NO.C31H17ClO.C13H10.FH/c1-6-17-33-26(12-1)27-13-2-7-18-34(27)43(33)35-19-8-3-14-28(35)31-24-32-41(25-36(31)43)45-40-23-11-22-39(42(32)40)44-37-20-9-4-15-29(37)30-16-5-10-21-38(30)44;32-27-14-7-15-28-30(27)22-16-21-20-10-3-6-13-25(20)31(26(21)17-29(22)33-28)23-11-4-1-8-18(23)19-9-2-5-12-24(19)31;1-3-7-12-10(5-1)9-11-6-2-4-8-13(11)12;/h1-25H;1-17H;1-8H,9H2;1H. The molecule has 0 aliphatic heterocycles. The van der Waals surface area contributed by atoms with E-state index in [0.717, 1.165) is 61.0 Å². The molecule has 0 radical (unpaired) electrons. The zero-order chi connectivity index (χ0) is 59.7. The van der Waals surface area contributed by atoms with Crippen LogP contribution in [0.15, 0.2) is 312 Å². The quantitative estimate of drug-likeness (QED) is 0.164. The van der Waals surface area contributed by atoms with Crippen LogP contribution in [0.4, 0.5) is 4.70 Å². The molecule has 0 bridgehead atoms. The first-order valence-corrected chi connectivity index (χ1v) is 31.8.